The van der Waals surface area contributed by atoms with Crippen molar-refractivity contribution < 1.29 is 9.59 Å². The molecule has 0 unspecified atom stereocenters. The number of carbonyl (C=O) groups is 2. The van der Waals surface area contributed by atoms with Gasteiger partial charge in [-0.05, 0) is 24.1 Å². The van der Waals surface area contributed by atoms with Gasteiger partial charge in [0.05, 0.1) is 23.4 Å². The van der Waals surface area contributed by atoms with Crippen LogP contribution in [0.5, 0.6) is 0 Å². The second kappa shape index (κ2) is 8.03. The summed E-state index contributed by atoms with van der Waals surface area (Å²) in [5.41, 5.74) is 1.48. The fraction of sp³-hybridized carbons (Fsp3) is 0.294. The number of pyridine rings is 2. The highest BCUT2D eigenvalue weighted by atomic mass is 16.2. The molecule has 2 rings (SSSR count). The van der Waals surface area contributed by atoms with Crippen LogP contribution in [-0.2, 0) is 6.54 Å². The van der Waals surface area contributed by atoms with E-state index in [1.807, 2.05) is 32.0 Å². The zero-order valence-electron chi connectivity index (χ0n) is 13.2. The van der Waals surface area contributed by atoms with E-state index in [-0.39, 0.29) is 11.8 Å². The van der Waals surface area contributed by atoms with Crippen molar-refractivity contribution in [2.24, 2.45) is 5.92 Å². The van der Waals surface area contributed by atoms with Crippen molar-refractivity contribution in [3.63, 3.8) is 0 Å². The first-order chi connectivity index (χ1) is 11.1. The van der Waals surface area contributed by atoms with Gasteiger partial charge in [0.15, 0.2) is 0 Å². The number of nitrogens with one attached hydrogen (secondary N) is 2. The van der Waals surface area contributed by atoms with Gasteiger partial charge >= 0.3 is 0 Å². The monoisotopic (exact) mass is 312 g/mol. The van der Waals surface area contributed by atoms with E-state index in [9.17, 15) is 9.59 Å². The molecule has 0 aliphatic heterocycles. The van der Waals surface area contributed by atoms with Crippen molar-refractivity contribution >= 4 is 11.8 Å². The number of nitrogens with zero attached hydrogens (tertiary/aromatic N) is 2. The van der Waals surface area contributed by atoms with E-state index in [1.165, 1.54) is 18.5 Å². The molecule has 0 aliphatic carbocycles. The minimum atomic E-state index is -0.290. The first kappa shape index (κ1) is 16.6. The summed E-state index contributed by atoms with van der Waals surface area (Å²) in [4.78, 5) is 32.3. The minimum absolute atomic E-state index is 0.231. The average Bonchev–Trinajstić information content (AvgIpc) is 2.58. The molecule has 0 atom stereocenters. The third kappa shape index (κ3) is 5.18. The van der Waals surface area contributed by atoms with Gasteiger partial charge in [-0.25, -0.2) is 0 Å². The van der Waals surface area contributed by atoms with E-state index in [0.717, 1.165) is 5.69 Å². The van der Waals surface area contributed by atoms with Crippen LogP contribution in [0.3, 0.4) is 0 Å². The molecule has 0 bridgehead atoms. The molecule has 2 amide bonds. The molecule has 0 aliphatic rings. The summed E-state index contributed by atoms with van der Waals surface area (Å²) in [7, 11) is 0. The lowest BCUT2D eigenvalue weighted by Crippen LogP contribution is -2.28. The number of aromatic nitrogens is 2. The second-order valence-electron chi connectivity index (χ2n) is 5.57. The van der Waals surface area contributed by atoms with E-state index in [0.29, 0.717) is 30.1 Å². The molecule has 120 valence electrons. The molecule has 0 aromatic carbocycles. The van der Waals surface area contributed by atoms with Gasteiger partial charge in [-0.15, -0.1) is 0 Å². The summed E-state index contributed by atoms with van der Waals surface area (Å²) in [6, 6.07) is 7.04. The Morgan fingerprint density at radius 1 is 1.09 bits per heavy atom. The molecule has 0 saturated heterocycles. The first-order valence-corrected chi connectivity index (χ1v) is 7.47. The minimum Gasteiger partial charge on any atom is -0.352 e. The standard InChI is InChI=1S/C17H20N4O2/c1-12(2)8-20-16(22)13-7-14(10-18-9-13)17(23)21-11-15-5-3-4-6-19-15/h3-7,9-10,12H,8,11H2,1-2H3,(H,20,22)(H,21,23). The molecule has 6 nitrogen and oxygen atoms in total. The van der Waals surface area contributed by atoms with Crippen LogP contribution in [0.15, 0.2) is 42.9 Å². The summed E-state index contributed by atoms with van der Waals surface area (Å²) in [6.07, 6.45) is 4.56. The van der Waals surface area contributed by atoms with E-state index in [4.69, 9.17) is 0 Å². The van der Waals surface area contributed by atoms with Gasteiger partial charge < -0.3 is 10.6 Å². The zero-order chi connectivity index (χ0) is 16.7. The maximum atomic E-state index is 12.1. The third-order valence-corrected chi connectivity index (χ3v) is 3.09. The molecule has 0 fully saturated rings. The Hall–Kier alpha value is -2.76. The molecule has 2 heterocycles. The van der Waals surface area contributed by atoms with E-state index < -0.39 is 0 Å². The van der Waals surface area contributed by atoms with Gasteiger partial charge in [0, 0.05) is 25.1 Å². The van der Waals surface area contributed by atoms with Crippen molar-refractivity contribution in [2.45, 2.75) is 20.4 Å². The van der Waals surface area contributed by atoms with Crippen LogP contribution in [-0.4, -0.2) is 28.3 Å². The van der Waals surface area contributed by atoms with Crippen molar-refractivity contribution in [3.8, 4) is 0 Å². The molecule has 2 aromatic rings. The van der Waals surface area contributed by atoms with E-state index >= 15 is 0 Å². The van der Waals surface area contributed by atoms with Crippen LogP contribution in [0.1, 0.15) is 40.3 Å². The van der Waals surface area contributed by atoms with Crippen LogP contribution >= 0.6 is 0 Å². The number of hydrogen-bond donors (Lipinski definition) is 2. The summed E-state index contributed by atoms with van der Waals surface area (Å²) in [5, 5.41) is 5.56. The Morgan fingerprint density at radius 3 is 2.39 bits per heavy atom. The van der Waals surface area contributed by atoms with Gasteiger partial charge in [0.2, 0.25) is 0 Å². The Bertz CT molecular complexity index is 671. The normalized spacial score (nSPS) is 10.4. The van der Waals surface area contributed by atoms with E-state index in [1.54, 1.807) is 6.20 Å². The summed E-state index contributed by atoms with van der Waals surface area (Å²) >= 11 is 0. The lowest BCUT2D eigenvalue weighted by atomic mass is 10.1. The molecule has 23 heavy (non-hydrogen) atoms. The maximum Gasteiger partial charge on any atom is 0.253 e. The number of carbonyl (C=O) groups excluding carboxylic acids is 2. The molecule has 2 aromatic heterocycles. The molecular weight excluding hydrogens is 292 g/mol. The summed E-state index contributed by atoms with van der Waals surface area (Å²) < 4.78 is 0. The predicted octanol–water partition coefficient (Wildman–Crippen LogP) is 1.79. The van der Waals surface area contributed by atoms with Crippen LogP contribution in [0.2, 0.25) is 0 Å². The quantitative estimate of drug-likeness (QED) is 0.852. The fourth-order valence-corrected chi connectivity index (χ4v) is 1.86. The highest BCUT2D eigenvalue weighted by Crippen LogP contribution is 2.04. The molecule has 0 saturated carbocycles. The Balaban J connectivity index is 1.98. The average molecular weight is 312 g/mol. The lowest BCUT2D eigenvalue weighted by molar-refractivity contribution is 0.0948. The van der Waals surface area contributed by atoms with Gasteiger partial charge in [0.1, 0.15) is 0 Å². The van der Waals surface area contributed by atoms with Crippen LogP contribution in [0, 0.1) is 5.92 Å². The molecule has 0 radical (unpaired) electrons. The second-order valence-corrected chi connectivity index (χ2v) is 5.57. The lowest BCUT2D eigenvalue weighted by Gasteiger charge is -2.09. The first-order valence-electron chi connectivity index (χ1n) is 7.47. The Kier molecular flexibility index (Phi) is 5.80. The third-order valence-electron chi connectivity index (χ3n) is 3.09. The van der Waals surface area contributed by atoms with Crippen molar-refractivity contribution in [3.05, 3.63) is 59.7 Å². The largest absolute Gasteiger partial charge is 0.352 e. The SMILES string of the molecule is CC(C)CNC(=O)c1cncc(C(=O)NCc2ccccn2)c1. The van der Waals surface area contributed by atoms with Crippen LogP contribution < -0.4 is 10.6 Å². The van der Waals surface area contributed by atoms with Crippen molar-refractivity contribution in [2.75, 3.05) is 6.54 Å². The van der Waals surface area contributed by atoms with Crippen LogP contribution in [0.4, 0.5) is 0 Å². The number of amides is 2. The highest BCUT2D eigenvalue weighted by Gasteiger charge is 2.11. The summed E-state index contributed by atoms with van der Waals surface area (Å²) in [6.45, 7) is 4.93. The van der Waals surface area contributed by atoms with E-state index in [2.05, 4.69) is 20.6 Å². The molecule has 2 N–H and O–H groups in total. The molecule has 6 heteroatoms. The summed E-state index contributed by atoms with van der Waals surface area (Å²) in [5.74, 6) is -0.163. The fourth-order valence-electron chi connectivity index (χ4n) is 1.86. The number of rotatable bonds is 6. The van der Waals surface area contributed by atoms with Crippen molar-refractivity contribution in [1.29, 1.82) is 0 Å². The Morgan fingerprint density at radius 2 is 1.78 bits per heavy atom. The predicted molar refractivity (Wildman–Crippen MR) is 86.8 cm³/mol. The van der Waals surface area contributed by atoms with Crippen molar-refractivity contribution in [1.82, 2.24) is 20.6 Å². The van der Waals surface area contributed by atoms with Gasteiger partial charge in [-0.3, -0.25) is 19.6 Å². The smallest absolute Gasteiger partial charge is 0.253 e. The zero-order valence-corrected chi connectivity index (χ0v) is 13.2. The maximum absolute atomic E-state index is 12.1. The highest BCUT2D eigenvalue weighted by molar-refractivity contribution is 5.99. The topological polar surface area (TPSA) is 84.0 Å². The van der Waals surface area contributed by atoms with Gasteiger partial charge in [-0.2, -0.15) is 0 Å². The van der Waals surface area contributed by atoms with Gasteiger partial charge in [-0.1, -0.05) is 19.9 Å². The van der Waals surface area contributed by atoms with Crippen LogP contribution in [0.25, 0.3) is 0 Å². The molecular formula is C17H20N4O2. The molecule has 0 spiro atoms. The Labute approximate surface area is 135 Å². The number of hydrogen-bond acceptors (Lipinski definition) is 4. The van der Waals surface area contributed by atoms with Gasteiger partial charge in [0.25, 0.3) is 11.8 Å².